The van der Waals surface area contributed by atoms with Gasteiger partial charge in [0.25, 0.3) is 5.91 Å². The van der Waals surface area contributed by atoms with Crippen LogP contribution in [0.25, 0.3) is 0 Å². The molecule has 0 aliphatic carbocycles. The van der Waals surface area contributed by atoms with Gasteiger partial charge >= 0.3 is 5.97 Å². The molecule has 1 amide bonds. The highest BCUT2D eigenvalue weighted by atomic mass is 79.9. The second kappa shape index (κ2) is 6.73. The summed E-state index contributed by atoms with van der Waals surface area (Å²) in [5.41, 5.74) is 0.895. The first-order chi connectivity index (χ1) is 9.97. The fourth-order valence-electron chi connectivity index (χ4n) is 1.72. The van der Waals surface area contributed by atoms with Crippen LogP contribution >= 0.6 is 27.5 Å². The van der Waals surface area contributed by atoms with Gasteiger partial charge in [0.15, 0.2) is 0 Å². The maximum Gasteiger partial charge on any atom is 0.326 e. The van der Waals surface area contributed by atoms with Gasteiger partial charge in [0.05, 0.1) is 11.9 Å². The number of aromatic nitrogens is 2. The lowest BCUT2D eigenvalue weighted by molar-refractivity contribution is -0.139. The number of carboxylic acids is 1. The molecule has 0 fully saturated rings. The molecule has 1 heterocycles. The van der Waals surface area contributed by atoms with Crippen LogP contribution < -0.4 is 5.32 Å². The summed E-state index contributed by atoms with van der Waals surface area (Å²) in [4.78, 5) is 30.0. The monoisotopic (exact) mass is 371 g/mol. The fourth-order valence-corrected chi connectivity index (χ4v) is 2.32. The molecule has 0 radical (unpaired) electrons. The lowest BCUT2D eigenvalue weighted by atomic mass is 10.1. The third-order valence-electron chi connectivity index (χ3n) is 2.76. The van der Waals surface area contributed by atoms with Crippen LogP contribution in [0.4, 0.5) is 0 Å². The Bertz CT molecular complexity index is 661. The molecule has 2 aromatic rings. The van der Waals surface area contributed by atoms with Crippen molar-refractivity contribution in [2.24, 2.45) is 0 Å². The predicted octanol–water partition coefficient (Wildman–Crippen LogP) is 2.25. The van der Waals surface area contributed by atoms with E-state index in [4.69, 9.17) is 11.6 Å². The van der Waals surface area contributed by atoms with Gasteiger partial charge in [-0.1, -0.05) is 11.6 Å². The van der Waals surface area contributed by atoms with Gasteiger partial charge in [0, 0.05) is 27.8 Å². The fraction of sp³-hybridized carbons (Fsp3) is 0.154. The first-order valence-electron chi connectivity index (χ1n) is 5.93. The highest BCUT2D eigenvalue weighted by molar-refractivity contribution is 9.10. The number of aliphatic carboxylic acids is 1. The minimum atomic E-state index is -1.13. The molecule has 1 aromatic heterocycles. The summed E-state index contributed by atoms with van der Waals surface area (Å²) in [6, 6.07) is 3.66. The number of carbonyl (C=O) groups is 2. The lowest BCUT2D eigenvalue weighted by Gasteiger charge is -2.14. The van der Waals surface area contributed by atoms with E-state index in [1.165, 1.54) is 18.6 Å². The Morgan fingerprint density at radius 1 is 1.48 bits per heavy atom. The van der Waals surface area contributed by atoms with E-state index >= 15 is 0 Å². The molecule has 1 atom stereocenters. The van der Waals surface area contributed by atoms with E-state index in [2.05, 4.69) is 31.2 Å². The molecule has 2 rings (SSSR count). The summed E-state index contributed by atoms with van der Waals surface area (Å²) in [5.74, 6) is -1.65. The lowest BCUT2D eigenvalue weighted by Crippen LogP contribution is -2.42. The van der Waals surface area contributed by atoms with E-state index in [0.717, 1.165) is 0 Å². The average Bonchev–Trinajstić information content (AvgIpc) is 2.93. The van der Waals surface area contributed by atoms with Crippen molar-refractivity contribution in [1.82, 2.24) is 15.3 Å². The Kier molecular flexibility index (Phi) is 4.98. The minimum Gasteiger partial charge on any atom is -0.480 e. The molecule has 0 saturated carbocycles. The Balaban J connectivity index is 2.14. The topological polar surface area (TPSA) is 95.1 Å². The van der Waals surface area contributed by atoms with Gasteiger partial charge in [-0.25, -0.2) is 9.78 Å². The van der Waals surface area contributed by atoms with Crippen LogP contribution in [0.1, 0.15) is 16.1 Å². The number of benzene rings is 1. The molecule has 21 heavy (non-hydrogen) atoms. The van der Waals surface area contributed by atoms with Crippen molar-refractivity contribution in [2.45, 2.75) is 12.5 Å². The normalized spacial score (nSPS) is 11.9. The van der Waals surface area contributed by atoms with Crippen LogP contribution in [0.2, 0.25) is 5.02 Å². The molecule has 0 spiro atoms. The quantitative estimate of drug-likeness (QED) is 0.750. The third-order valence-corrected chi connectivity index (χ3v) is 3.68. The van der Waals surface area contributed by atoms with Crippen LogP contribution in [0.3, 0.4) is 0 Å². The van der Waals surface area contributed by atoms with Crippen molar-refractivity contribution in [2.75, 3.05) is 0 Å². The number of rotatable bonds is 5. The summed E-state index contributed by atoms with van der Waals surface area (Å²) in [6.45, 7) is 0. The Hall–Kier alpha value is -1.86. The number of hydrogen-bond donors (Lipinski definition) is 3. The molecule has 0 aliphatic rings. The average molecular weight is 373 g/mol. The second-order valence-electron chi connectivity index (χ2n) is 4.27. The van der Waals surface area contributed by atoms with Crippen LogP contribution in [0.15, 0.2) is 35.2 Å². The number of imidazole rings is 1. The molecule has 1 unspecified atom stereocenters. The van der Waals surface area contributed by atoms with Gasteiger partial charge in [-0.2, -0.15) is 0 Å². The SMILES string of the molecule is O=C(NC(Cc1cnc[nH]1)C(=O)O)c1cc(Cl)ccc1Br. The third kappa shape index (κ3) is 4.05. The van der Waals surface area contributed by atoms with E-state index in [1.807, 2.05) is 0 Å². The summed E-state index contributed by atoms with van der Waals surface area (Å²) < 4.78 is 0.537. The van der Waals surface area contributed by atoms with Crippen LogP contribution in [-0.2, 0) is 11.2 Å². The van der Waals surface area contributed by atoms with E-state index in [0.29, 0.717) is 15.2 Å². The number of H-pyrrole nitrogens is 1. The van der Waals surface area contributed by atoms with Gasteiger partial charge in [-0.05, 0) is 34.1 Å². The smallest absolute Gasteiger partial charge is 0.326 e. The first-order valence-corrected chi connectivity index (χ1v) is 7.10. The number of carbonyl (C=O) groups excluding carboxylic acids is 1. The summed E-state index contributed by atoms with van der Waals surface area (Å²) in [7, 11) is 0. The molecule has 110 valence electrons. The van der Waals surface area contributed by atoms with Gasteiger partial charge in [-0.3, -0.25) is 4.79 Å². The van der Waals surface area contributed by atoms with E-state index in [1.54, 1.807) is 12.1 Å². The van der Waals surface area contributed by atoms with E-state index in [9.17, 15) is 14.7 Å². The standard InChI is InChI=1S/C13H11BrClN3O3/c14-10-2-1-7(15)3-9(10)12(19)18-11(13(20)21)4-8-5-16-6-17-8/h1-3,5-6,11H,4H2,(H,16,17)(H,18,19)(H,20,21). The molecule has 0 aliphatic heterocycles. The number of hydrogen-bond acceptors (Lipinski definition) is 3. The zero-order valence-electron chi connectivity index (χ0n) is 10.6. The Morgan fingerprint density at radius 3 is 2.86 bits per heavy atom. The molecule has 8 heteroatoms. The zero-order valence-corrected chi connectivity index (χ0v) is 13.0. The van der Waals surface area contributed by atoms with Crippen molar-refractivity contribution >= 4 is 39.4 Å². The minimum absolute atomic E-state index is 0.110. The van der Waals surface area contributed by atoms with Gasteiger partial charge in [0.2, 0.25) is 0 Å². The largest absolute Gasteiger partial charge is 0.480 e. The number of nitrogens with one attached hydrogen (secondary N) is 2. The van der Waals surface area contributed by atoms with E-state index in [-0.39, 0.29) is 12.0 Å². The summed E-state index contributed by atoms with van der Waals surface area (Å²) in [5, 5.41) is 12.1. The maximum absolute atomic E-state index is 12.2. The van der Waals surface area contributed by atoms with Gasteiger partial charge < -0.3 is 15.4 Å². The molecule has 6 nitrogen and oxygen atoms in total. The number of carboxylic acid groups (broad SMARTS) is 1. The van der Waals surface area contributed by atoms with Crippen molar-refractivity contribution < 1.29 is 14.7 Å². The number of amides is 1. The van der Waals surface area contributed by atoms with Crippen LogP contribution in [0.5, 0.6) is 0 Å². The van der Waals surface area contributed by atoms with Crippen molar-refractivity contribution in [1.29, 1.82) is 0 Å². The van der Waals surface area contributed by atoms with Crippen molar-refractivity contribution in [3.63, 3.8) is 0 Å². The predicted molar refractivity (Wildman–Crippen MR) is 80.3 cm³/mol. The highest BCUT2D eigenvalue weighted by Gasteiger charge is 2.22. The summed E-state index contributed by atoms with van der Waals surface area (Å²) >= 11 is 9.08. The zero-order chi connectivity index (χ0) is 15.4. The van der Waals surface area contributed by atoms with Crippen LogP contribution in [-0.4, -0.2) is 33.0 Å². The summed E-state index contributed by atoms with van der Waals surface area (Å²) in [6.07, 6.45) is 3.07. The second-order valence-corrected chi connectivity index (χ2v) is 5.56. The molecular weight excluding hydrogens is 362 g/mol. The Labute approximate surface area is 133 Å². The van der Waals surface area contributed by atoms with E-state index < -0.39 is 17.9 Å². The highest BCUT2D eigenvalue weighted by Crippen LogP contribution is 2.21. The van der Waals surface area contributed by atoms with Crippen molar-refractivity contribution in [3.8, 4) is 0 Å². The molecule has 0 saturated heterocycles. The Morgan fingerprint density at radius 2 is 2.24 bits per heavy atom. The molecule has 0 bridgehead atoms. The first kappa shape index (κ1) is 15.5. The van der Waals surface area contributed by atoms with Crippen LogP contribution in [0, 0.1) is 0 Å². The maximum atomic E-state index is 12.2. The molecule has 1 aromatic carbocycles. The van der Waals surface area contributed by atoms with Gasteiger partial charge in [0.1, 0.15) is 6.04 Å². The molecular formula is C13H11BrClN3O3. The number of nitrogens with zero attached hydrogens (tertiary/aromatic N) is 1. The molecule has 3 N–H and O–H groups in total. The number of halogens is 2. The number of aromatic amines is 1. The van der Waals surface area contributed by atoms with Crippen molar-refractivity contribution in [3.05, 3.63) is 51.5 Å². The van der Waals surface area contributed by atoms with Gasteiger partial charge in [-0.15, -0.1) is 0 Å².